The molecule has 0 saturated heterocycles. The lowest BCUT2D eigenvalue weighted by atomic mass is 9.87. The highest BCUT2D eigenvalue weighted by molar-refractivity contribution is 6.30. The Kier molecular flexibility index (Phi) is 6.58. The van der Waals surface area contributed by atoms with Crippen molar-refractivity contribution in [2.45, 2.75) is 26.2 Å². The predicted molar refractivity (Wildman–Crippen MR) is 99.5 cm³/mol. The number of carbonyl (C=O) groups is 2. The summed E-state index contributed by atoms with van der Waals surface area (Å²) >= 11 is 5.71. The fraction of sp³-hybridized carbons (Fsp3) is 0.316. The van der Waals surface area contributed by atoms with Crippen molar-refractivity contribution in [1.29, 1.82) is 0 Å². The lowest BCUT2D eigenvalue weighted by Gasteiger charge is -2.19. The number of hydrogen-bond acceptors (Lipinski definition) is 5. The molecule has 1 aromatic carbocycles. The van der Waals surface area contributed by atoms with Crippen molar-refractivity contribution < 1.29 is 19.1 Å². The molecular formula is C19H21ClN2O4. The van der Waals surface area contributed by atoms with Gasteiger partial charge in [0.1, 0.15) is 11.6 Å². The van der Waals surface area contributed by atoms with E-state index in [4.69, 9.17) is 21.1 Å². The molecule has 0 bridgehead atoms. The zero-order valence-electron chi connectivity index (χ0n) is 14.9. The molecule has 0 atom stereocenters. The monoisotopic (exact) mass is 376 g/mol. The SMILES string of the molecule is CC(C)(C)c1ccc(OCC(=O)OCC(=O)Nc2ccc(Cl)cn2)cc1. The molecule has 2 rings (SSSR count). The van der Waals surface area contributed by atoms with Crippen LogP contribution in [0.1, 0.15) is 26.3 Å². The topological polar surface area (TPSA) is 77.5 Å². The average molecular weight is 377 g/mol. The lowest BCUT2D eigenvalue weighted by Crippen LogP contribution is -2.24. The number of carbonyl (C=O) groups excluding carboxylic acids is 2. The number of amides is 1. The first-order valence-corrected chi connectivity index (χ1v) is 8.42. The van der Waals surface area contributed by atoms with Crippen LogP contribution in [0.2, 0.25) is 5.02 Å². The van der Waals surface area contributed by atoms with Gasteiger partial charge in [0, 0.05) is 6.20 Å². The van der Waals surface area contributed by atoms with Crippen molar-refractivity contribution in [3.8, 4) is 5.75 Å². The highest BCUT2D eigenvalue weighted by Gasteiger charge is 2.13. The third-order valence-corrected chi connectivity index (χ3v) is 3.66. The van der Waals surface area contributed by atoms with Gasteiger partial charge < -0.3 is 14.8 Å². The number of nitrogens with one attached hydrogen (secondary N) is 1. The molecule has 0 fully saturated rings. The van der Waals surface area contributed by atoms with Gasteiger partial charge in [-0.3, -0.25) is 4.79 Å². The van der Waals surface area contributed by atoms with Crippen LogP contribution in [0.15, 0.2) is 42.6 Å². The van der Waals surface area contributed by atoms with E-state index in [0.717, 1.165) is 0 Å². The Balaban J connectivity index is 1.73. The van der Waals surface area contributed by atoms with Crippen LogP contribution in [0.25, 0.3) is 0 Å². The Bertz CT molecular complexity index is 753. The van der Waals surface area contributed by atoms with Gasteiger partial charge in [-0.05, 0) is 35.2 Å². The second kappa shape index (κ2) is 8.67. The summed E-state index contributed by atoms with van der Waals surface area (Å²) in [6.45, 7) is 5.65. The fourth-order valence-electron chi connectivity index (χ4n) is 2.01. The van der Waals surface area contributed by atoms with Crippen LogP contribution in [0, 0.1) is 0 Å². The minimum absolute atomic E-state index is 0.0454. The standard InChI is InChI=1S/C19H21ClN2O4/c1-19(2,3)13-4-7-15(8-5-13)25-12-18(24)26-11-17(23)22-16-9-6-14(20)10-21-16/h4-10H,11-12H2,1-3H3,(H,21,22,23). The van der Waals surface area contributed by atoms with Crippen LogP contribution in [0.3, 0.4) is 0 Å². The van der Waals surface area contributed by atoms with Gasteiger partial charge >= 0.3 is 5.97 Å². The number of halogens is 1. The van der Waals surface area contributed by atoms with Crippen LogP contribution < -0.4 is 10.1 Å². The maximum Gasteiger partial charge on any atom is 0.344 e. The van der Waals surface area contributed by atoms with E-state index in [2.05, 4.69) is 31.1 Å². The number of ether oxygens (including phenoxy) is 2. The van der Waals surface area contributed by atoms with Gasteiger partial charge in [-0.25, -0.2) is 9.78 Å². The van der Waals surface area contributed by atoms with Crippen molar-refractivity contribution in [3.63, 3.8) is 0 Å². The van der Waals surface area contributed by atoms with Crippen molar-refractivity contribution in [1.82, 2.24) is 4.98 Å². The Labute approximate surface area is 157 Å². The third kappa shape index (κ3) is 6.37. The summed E-state index contributed by atoms with van der Waals surface area (Å²) in [6.07, 6.45) is 1.40. The predicted octanol–water partition coefficient (Wildman–Crippen LogP) is 3.59. The number of aromatic nitrogens is 1. The van der Waals surface area contributed by atoms with E-state index in [1.165, 1.54) is 11.8 Å². The van der Waals surface area contributed by atoms with E-state index in [0.29, 0.717) is 16.6 Å². The summed E-state index contributed by atoms with van der Waals surface area (Å²) in [5, 5.41) is 2.95. The van der Waals surface area contributed by atoms with Crippen molar-refractivity contribution in [2.24, 2.45) is 0 Å². The molecule has 2 aromatic rings. The normalized spacial score (nSPS) is 10.9. The Morgan fingerprint density at radius 2 is 1.77 bits per heavy atom. The minimum atomic E-state index is -0.635. The number of hydrogen-bond donors (Lipinski definition) is 1. The average Bonchev–Trinajstić information content (AvgIpc) is 2.60. The summed E-state index contributed by atoms with van der Waals surface area (Å²) in [4.78, 5) is 27.3. The number of pyridine rings is 1. The summed E-state index contributed by atoms with van der Waals surface area (Å²) in [7, 11) is 0. The Morgan fingerprint density at radius 3 is 2.35 bits per heavy atom. The summed E-state index contributed by atoms with van der Waals surface area (Å²) in [6, 6.07) is 10.6. The quantitative estimate of drug-likeness (QED) is 0.779. The summed E-state index contributed by atoms with van der Waals surface area (Å²) < 4.78 is 10.2. The largest absolute Gasteiger partial charge is 0.482 e. The molecule has 0 aliphatic rings. The first-order valence-electron chi connectivity index (χ1n) is 8.04. The number of anilines is 1. The van der Waals surface area contributed by atoms with Gasteiger partial charge in [0.05, 0.1) is 5.02 Å². The molecule has 6 nitrogen and oxygen atoms in total. The maximum atomic E-state index is 11.7. The molecule has 1 heterocycles. The van der Waals surface area contributed by atoms with Gasteiger partial charge in [-0.2, -0.15) is 0 Å². The number of esters is 1. The zero-order valence-corrected chi connectivity index (χ0v) is 15.7. The smallest absolute Gasteiger partial charge is 0.344 e. The van der Waals surface area contributed by atoms with Crippen LogP contribution in [-0.2, 0) is 19.7 Å². The number of rotatable bonds is 6. The second-order valence-corrected chi connectivity index (χ2v) is 7.07. The van der Waals surface area contributed by atoms with E-state index in [9.17, 15) is 9.59 Å². The molecule has 0 spiro atoms. The van der Waals surface area contributed by atoms with Crippen LogP contribution in [0.4, 0.5) is 5.82 Å². The molecule has 0 radical (unpaired) electrons. The highest BCUT2D eigenvalue weighted by atomic mass is 35.5. The zero-order chi connectivity index (χ0) is 19.2. The molecular weight excluding hydrogens is 356 g/mol. The first-order chi connectivity index (χ1) is 12.2. The van der Waals surface area contributed by atoms with Crippen molar-refractivity contribution >= 4 is 29.3 Å². The van der Waals surface area contributed by atoms with Gasteiger partial charge in [-0.15, -0.1) is 0 Å². The molecule has 26 heavy (non-hydrogen) atoms. The third-order valence-electron chi connectivity index (χ3n) is 3.44. The van der Waals surface area contributed by atoms with Gasteiger partial charge in [0.15, 0.2) is 13.2 Å². The lowest BCUT2D eigenvalue weighted by molar-refractivity contribution is -0.149. The summed E-state index contributed by atoms with van der Waals surface area (Å²) in [5.41, 5.74) is 1.21. The molecule has 1 amide bonds. The van der Waals surface area contributed by atoms with Gasteiger partial charge in [-0.1, -0.05) is 44.5 Å². The van der Waals surface area contributed by atoms with E-state index in [1.807, 2.05) is 12.1 Å². The molecule has 0 unspecified atom stereocenters. The Morgan fingerprint density at radius 1 is 1.08 bits per heavy atom. The molecule has 138 valence electrons. The number of nitrogens with zero attached hydrogens (tertiary/aromatic N) is 1. The van der Waals surface area contributed by atoms with Gasteiger partial charge in [0.2, 0.25) is 0 Å². The number of benzene rings is 1. The Hall–Kier alpha value is -2.60. The van der Waals surface area contributed by atoms with E-state index < -0.39 is 18.5 Å². The van der Waals surface area contributed by atoms with Crippen LogP contribution in [-0.4, -0.2) is 30.1 Å². The molecule has 7 heteroatoms. The minimum Gasteiger partial charge on any atom is -0.482 e. The fourth-order valence-corrected chi connectivity index (χ4v) is 2.12. The first kappa shape index (κ1) is 19.7. The molecule has 0 aliphatic carbocycles. The maximum absolute atomic E-state index is 11.7. The summed E-state index contributed by atoms with van der Waals surface area (Å²) in [5.74, 6) is -0.248. The van der Waals surface area contributed by atoms with Crippen molar-refractivity contribution in [3.05, 3.63) is 53.2 Å². The van der Waals surface area contributed by atoms with Crippen molar-refractivity contribution in [2.75, 3.05) is 18.5 Å². The second-order valence-electron chi connectivity index (χ2n) is 6.63. The van der Waals surface area contributed by atoms with E-state index in [1.54, 1.807) is 24.3 Å². The van der Waals surface area contributed by atoms with Crippen LogP contribution >= 0.6 is 11.6 Å². The van der Waals surface area contributed by atoms with E-state index in [-0.39, 0.29) is 12.0 Å². The van der Waals surface area contributed by atoms with E-state index >= 15 is 0 Å². The molecule has 0 aliphatic heterocycles. The highest BCUT2D eigenvalue weighted by Crippen LogP contribution is 2.24. The van der Waals surface area contributed by atoms with Gasteiger partial charge in [0.25, 0.3) is 5.91 Å². The van der Waals surface area contributed by atoms with Crippen LogP contribution in [0.5, 0.6) is 5.75 Å². The molecule has 1 aromatic heterocycles. The molecule has 0 saturated carbocycles. The molecule has 1 N–H and O–H groups in total.